The van der Waals surface area contributed by atoms with Crippen LogP contribution in [0.2, 0.25) is 0 Å². The van der Waals surface area contributed by atoms with Crippen molar-refractivity contribution < 1.29 is 8.42 Å². The Morgan fingerprint density at radius 2 is 2.19 bits per heavy atom. The van der Waals surface area contributed by atoms with Crippen LogP contribution in [-0.2, 0) is 16.6 Å². The second kappa shape index (κ2) is 6.74. The summed E-state index contributed by atoms with van der Waals surface area (Å²) in [5, 5.41) is 0.0364. The van der Waals surface area contributed by atoms with E-state index in [1.165, 1.54) is 16.8 Å². The molecule has 0 unspecified atom stereocenters. The smallest absolute Gasteiger partial charge is 0.260 e. The van der Waals surface area contributed by atoms with E-state index in [0.29, 0.717) is 6.42 Å². The first-order valence-corrected chi connectivity index (χ1v) is 8.00. The van der Waals surface area contributed by atoms with Gasteiger partial charge in [0.1, 0.15) is 0 Å². The van der Waals surface area contributed by atoms with Crippen molar-refractivity contribution in [2.75, 3.05) is 6.54 Å². The molecule has 0 atom stereocenters. The van der Waals surface area contributed by atoms with E-state index in [-0.39, 0.29) is 23.1 Å². The van der Waals surface area contributed by atoms with E-state index in [4.69, 9.17) is 18.0 Å². The third-order valence-electron chi connectivity index (χ3n) is 2.78. The highest BCUT2D eigenvalue weighted by atomic mass is 32.2. The van der Waals surface area contributed by atoms with E-state index in [9.17, 15) is 8.42 Å². The Labute approximate surface area is 128 Å². The molecule has 3 N–H and O–H groups in total. The third-order valence-corrected chi connectivity index (χ3v) is 4.75. The maximum atomic E-state index is 12.6. The Kier molecular flexibility index (Phi) is 4.99. The fourth-order valence-corrected chi connectivity index (χ4v) is 3.15. The average molecular weight is 325 g/mol. The maximum absolute atomic E-state index is 12.6. The predicted octanol–water partition coefficient (Wildman–Crippen LogP) is 0.672. The minimum absolute atomic E-state index is 0.0364. The van der Waals surface area contributed by atoms with Gasteiger partial charge in [0, 0.05) is 31.9 Å². The largest absolute Gasteiger partial charge is 0.393 e. The SMILES string of the molecule is NC(=S)CCN(Cc1cccnc1)S(=O)(=O)c1cnc[nH]1. The summed E-state index contributed by atoms with van der Waals surface area (Å²) in [5.41, 5.74) is 6.25. The zero-order valence-electron chi connectivity index (χ0n) is 11.1. The van der Waals surface area contributed by atoms with Gasteiger partial charge in [-0.3, -0.25) is 4.98 Å². The molecule has 0 amide bonds. The zero-order chi connectivity index (χ0) is 15.3. The summed E-state index contributed by atoms with van der Waals surface area (Å²) in [5.74, 6) is 0. The number of pyridine rings is 1. The van der Waals surface area contributed by atoms with Gasteiger partial charge in [-0.2, -0.15) is 4.31 Å². The van der Waals surface area contributed by atoms with Crippen molar-refractivity contribution >= 4 is 27.2 Å². The fourth-order valence-electron chi connectivity index (χ4n) is 1.74. The number of thiocarbonyl (C=S) groups is 1. The molecule has 0 aliphatic rings. The molecule has 0 spiro atoms. The van der Waals surface area contributed by atoms with Gasteiger partial charge in [0.2, 0.25) is 0 Å². The number of H-pyrrole nitrogens is 1. The van der Waals surface area contributed by atoms with Crippen molar-refractivity contribution in [3.05, 3.63) is 42.6 Å². The summed E-state index contributed by atoms with van der Waals surface area (Å²) in [6, 6.07) is 3.56. The first-order chi connectivity index (χ1) is 10.00. The quantitative estimate of drug-likeness (QED) is 0.725. The molecule has 0 fully saturated rings. The highest BCUT2D eigenvalue weighted by molar-refractivity contribution is 7.89. The molecule has 2 rings (SSSR count). The topological polar surface area (TPSA) is 105 Å². The molecule has 2 aromatic heterocycles. The molecule has 2 aromatic rings. The van der Waals surface area contributed by atoms with Crippen LogP contribution in [0.1, 0.15) is 12.0 Å². The summed E-state index contributed by atoms with van der Waals surface area (Å²) in [6.45, 7) is 0.392. The number of hydrogen-bond donors (Lipinski definition) is 2. The monoisotopic (exact) mass is 325 g/mol. The van der Waals surface area contributed by atoms with Gasteiger partial charge >= 0.3 is 0 Å². The van der Waals surface area contributed by atoms with Crippen molar-refractivity contribution in [2.24, 2.45) is 5.73 Å². The summed E-state index contributed by atoms with van der Waals surface area (Å²) in [4.78, 5) is 10.6. The van der Waals surface area contributed by atoms with E-state index in [1.54, 1.807) is 18.5 Å². The summed E-state index contributed by atoms with van der Waals surface area (Å²) in [7, 11) is -3.68. The van der Waals surface area contributed by atoms with Crippen molar-refractivity contribution in [2.45, 2.75) is 18.0 Å². The molecule has 2 heterocycles. The highest BCUT2D eigenvalue weighted by Crippen LogP contribution is 2.16. The van der Waals surface area contributed by atoms with Crippen LogP contribution < -0.4 is 5.73 Å². The van der Waals surface area contributed by atoms with Crippen LogP contribution >= 0.6 is 12.2 Å². The molecular formula is C12H15N5O2S2. The molecule has 9 heteroatoms. The molecular weight excluding hydrogens is 310 g/mol. The fraction of sp³-hybridized carbons (Fsp3) is 0.250. The van der Waals surface area contributed by atoms with Crippen LogP contribution in [0.25, 0.3) is 0 Å². The normalized spacial score (nSPS) is 11.7. The number of nitrogens with one attached hydrogen (secondary N) is 1. The molecule has 7 nitrogen and oxygen atoms in total. The van der Waals surface area contributed by atoms with Gasteiger partial charge in [-0.15, -0.1) is 0 Å². The van der Waals surface area contributed by atoms with E-state index >= 15 is 0 Å². The lowest BCUT2D eigenvalue weighted by Gasteiger charge is -2.21. The number of imidazole rings is 1. The van der Waals surface area contributed by atoms with Crippen LogP contribution in [0, 0.1) is 0 Å². The highest BCUT2D eigenvalue weighted by Gasteiger charge is 2.25. The van der Waals surface area contributed by atoms with Crippen molar-refractivity contribution in [1.82, 2.24) is 19.3 Å². The van der Waals surface area contributed by atoms with Crippen LogP contribution in [0.5, 0.6) is 0 Å². The van der Waals surface area contributed by atoms with Crippen LogP contribution in [0.15, 0.2) is 42.1 Å². The Hall–Kier alpha value is -1.84. The van der Waals surface area contributed by atoms with Gasteiger partial charge in [-0.25, -0.2) is 13.4 Å². The van der Waals surface area contributed by atoms with E-state index in [1.807, 2.05) is 6.07 Å². The molecule has 0 radical (unpaired) electrons. The molecule has 0 aliphatic carbocycles. The Morgan fingerprint density at radius 3 is 2.76 bits per heavy atom. The number of nitrogens with zero attached hydrogens (tertiary/aromatic N) is 3. The van der Waals surface area contributed by atoms with E-state index in [2.05, 4.69) is 15.0 Å². The van der Waals surface area contributed by atoms with Crippen molar-refractivity contribution in [3.8, 4) is 0 Å². The standard InChI is InChI=1S/C12H15N5O2S2/c13-11(20)3-5-17(8-10-2-1-4-14-6-10)21(18,19)12-7-15-9-16-12/h1-2,4,6-7,9H,3,5,8H2,(H2,13,20)(H,15,16). The molecule has 21 heavy (non-hydrogen) atoms. The average Bonchev–Trinajstić information content (AvgIpc) is 2.99. The molecule has 0 bridgehead atoms. The van der Waals surface area contributed by atoms with Crippen LogP contribution in [0.4, 0.5) is 0 Å². The van der Waals surface area contributed by atoms with Crippen molar-refractivity contribution in [3.63, 3.8) is 0 Å². The third kappa shape index (κ3) is 4.06. The zero-order valence-corrected chi connectivity index (χ0v) is 12.8. The molecule has 112 valence electrons. The van der Waals surface area contributed by atoms with Crippen LogP contribution in [0.3, 0.4) is 0 Å². The number of sulfonamides is 1. The minimum atomic E-state index is -3.68. The predicted molar refractivity (Wildman–Crippen MR) is 81.8 cm³/mol. The number of nitrogens with two attached hydrogens (primary N) is 1. The Bertz CT molecular complexity index is 686. The lowest BCUT2D eigenvalue weighted by molar-refractivity contribution is 0.413. The van der Waals surface area contributed by atoms with E-state index in [0.717, 1.165) is 5.56 Å². The number of aromatic nitrogens is 3. The van der Waals surface area contributed by atoms with Gasteiger partial charge in [-0.1, -0.05) is 18.3 Å². The Morgan fingerprint density at radius 1 is 1.38 bits per heavy atom. The lowest BCUT2D eigenvalue weighted by atomic mass is 10.3. The van der Waals surface area contributed by atoms with Crippen molar-refractivity contribution in [1.29, 1.82) is 0 Å². The summed E-state index contributed by atoms with van der Waals surface area (Å²) < 4.78 is 26.4. The van der Waals surface area contributed by atoms with Gasteiger partial charge in [0.25, 0.3) is 10.0 Å². The van der Waals surface area contributed by atoms with E-state index < -0.39 is 10.0 Å². The Balaban J connectivity index is 2.25. The van der Waals surface area contributed by atoms with Crippen LogP contribution in [-0.4, -0.2) is 39.2 Å². The van der Waals surface area contributed by atoms with Gasteiger partial charge in [0.05, 0.1) is 17.5 Å². The van der Waals surface area contributed by atoms with Gasteiger partial charge in [0.15, 0.2) is 5.03 Å². The maximum Gasteiger partial charge on any atom is 0.260 e. The molecule has 0 saturated carbocycles. The van der Waals surface area contributed by atoms with Gasteiger partial charge < -0.3 is 10.7 Å². The minimum Gasteiger partial charge on any atom is -0.393 e. The second-order valence-corrected chi connectivity index (χ2v) is 6.76. The number of rotatable bonds is 7. The molecule has 0 saturated heterocycles. The first-order valence-electron chi connectivity index (χ1n) is 6.16. The molecule has 0 aliphatic heterocycles. The lowest BCUT2D eigenvalue weighted by Crippen LogP contribution is -2.33. The summed E-state index contributed by atoms with van der Waals surface area (Å²) in [6.07, 6.45) is 6.15. The number of hydrogen-bond acceptors (Lipinski definition) is 5. The number of aromatic amines is 1. The molecule has 0 aromatic carbocycles. The van der Waals surface area contributed by atoms with Gasteiger partial charge in [-0.05, 0) is 11.6 Å². The first kappa shape index (κ1) is 15.5. The second-order valence-electron chi connectivity index (χ2n) is 4.33. The summed E-state index contributed by atoms with van der Waals surface area (Å²) >= 11 is 4.83.